The molecule has 1 heterocycles. The van der Waals surface area contributed by atoms with Crippen molar-refractivity contribution in [2.45, 2.75) is 18.3 Å². The van der Waals surface area contributed by atoms with Gasteiger partial charge in [0.2, 0.25) is 0 Å². The van der Waals surface area contributed by atoms with Gasteiger partial charge in [-0.25, -0.2) is 0 Å². The third kappa shape index (κ3) is 0.683. The van der Waals surface area contributed by atoms with Gasteiger partial charge in [-0.05, 0) is 6.92 Å². The first-order chi connectivity index (χ1) is 4.38. The van der Waals surface area contributed by atoms with E-state index in [1.54, 1.807) is 6.92 Å². The predicted molar refractivity (Wildman–Crippen MR) is 37.1 cm³/mol. The Labute approximate surface area is 59.0 Å². The van der Waals surface area contributed by atoms with E-state index in [0.29, 0.717) is 0 Å². The van der Waals surface area contributed by atoms with Gasteiger partial charge in [0.25, 0.3) is 0 Å². The first kappa shape index (κ1) is 7.33. The minimum Gasteiger partial charge on any atom is -0.475 e. The van der Waals surface area contributed by atoms with Gasteiger partial charge in [-0.3, -0.25) is 5.73 Å². The van der Waals surface area contributed by atoms with Crippen molar-refractivity contribution < 1.29 is 4.74 Å². The molecule has 0 spiro atoms. The number of hydrogen-bond donors (Lipinski definition) is 4. The van der Waals surface area contributed by atoms with Crippen LogP contribution in [0.25, 0.3) is 0 Å². The molecule has 10 heavy (non-hydrogen) atoms. The average Bonchev–Trinajstić information content (AvgIpc) is 1.94. The minimum atomic E-state index is -1.26. The first-order valence-corrected chi connectivity index (χ1v) is 2.88. The quantitative estimate of drug-likeness (QED) is 0.297. The van der Waals surface area contributed by atoms with Crippen LogP contribution in [0.4, 0.5) is 0 Å². The summed E-state index contributed by atoms with van der Waals surface area (Å²) in [5.41, 5.74) is 19.9. The molecule has 0 aliphatic carbocycles. The Morgan fingerprint density at radius 2 is 1.90 bits per heavy atom. The number of nitrogens with two attached hydrogens (primary N) is 4. The molecule has 5 heteroatoms. The lowest BCUT2D eigenvalue weighted by Gasteiger charge is -2.32. The van der Waals surface area contributed by atoms with Crippen LogP contribution in [-0.2, 0) is 4.74 Å². The second-order valence-corrected chi connectivity index (χ2v) is 2.67. The van der Waals surface area contributed by atoms with Gasteiger partial charge < -0.3 is 21.9 Å². The fourth-order valence-electron chi connectivity index (χ4n) is 0.667. The van der Waals surface area contributed by atoms with Gasteiger partial charge in [0.05, 0.1) is 5.70 Å². The molecule has 5 nitrogen and oxygen atoms in total. The zero-order valence-electron chi connectivity index (χ0n) is 5.79. The molecule has 0 radical (unpaired) electrons. The van der Waals surface area contributed by atoms with E-state index >= 15 is 0 Å². The van der Waals surface area contributed by atoms with Crippen molar-refractivity contribution >= 4 is 0 Å². The van der Waals surface area contributed by atoms with Crippen LogP contribution in [-0.4, -0.2) is 11.4 Å². The molecule has 1 rings (SSSR count). The summed E-state index contributed by atoms with van der Waals surface area (Å²) in [5, 5.41) is 0. The Balaban J connectivity index is 2.96. The first-order valence-electron chi connectivity index (χ1n) is 2.88. The zero-order chi connectivity index (χ0) is 7.99. The SMILES string of the molecule is CC1(N)OC=C(N)C1(N)N. The second kappa shape index (κ2) is 1.63. The molecule has 0 aromatic rings. The van der Waals surface area contributed by atoms with E-state index < -0.39 is 11.4 Å². The molecular formula is C5H12N4O. The van der Waals surface area contributed by atoms with E-state index in [0.717, 1.165) is 0 Å². The highest BCUT2D eigenvalue weighted by atomic mass is 16.5. The van der Waals surface area contributed by atoms with E-state index in [4.69, 9.17) is 27.7 Å². The standard InChI is InChI=1S/C5H12N4O/c1-4(7)5(8,9)3(6)2-10-4/h2H,6-9H2,1H3. The van der Waals surface area contributed by atoms with Crippen LogP contribution in [0, 0.1) is 0 Å². The zero-order valence-corrected chi connectivity index (χ0v) is 5.79. The lowest BCUT2D eigenvalue weighted by atomic mass is 10.00. The van der Waals surface area contributed by atoms with Crippen LogP contribution in [0.3, 0.4) is 0 Å². The van der Waals surface area contributed by atoms with Crippen LogP contribution in [0.2, 0.25) is 0 Å². The molecule has 8 N–H and O–H groups in total. The summed E-state index contributed by atoms with van der Waals surface area (Å²) < 4.78 is 4.91. The van der Waals surface area contributed by atoms with Crippen LogP contribution in [0.1, 0.15) is 6.92 Å². The topological polar surface area (TPSA) is 113 Å². The van der Waals surface area contributed by atoms with Crippen molar-refractivity contribution in [2.75, 3.05) is 0 Å². The van der Waals surface area contributed by atoms with Crippen LogP contribution in [0.15, 0.2) is 12.0 Å². The summed E-state index contributed by atoms with van der Waals surface area (Å²) in [5.74, 6) is 0. The van der Waals surface area contributed by atoms with Crippen molar-refractivity contribution in [3.63, 3.8) is 0 Å². The Kier molecular flexibility index (Phi) is 1.19. The van der Waals surface area contributed by atoms with Crippen molar-refractivity contribution in [1.29, 1.82) is 0 Å². The van der Waals surface area contributed by atoms with Gasteiger partial charge in [-0.15, -0.1) is 0 Å². The average molecular weight is 144 g/mol. The molecule has 0 aromatic heterocycles. The highest BCUT2D eigenvalue weighted by molar-refractivity contribution is 5.22. The largest absolute Gasteiger partial charge is 0.475 e. The molecular weight excluding hydrogens is 132 g/mol. The highest BCUT2D eigenvalue weighted by Gasteiger charge is 2.47. The van der Waals surface area contributed by atoms with Gasteiger partial charge in [0, 0.05) is 0 Å². The monoisotopic (exact) mass is 144 g/mol. The maximum atomic E-state index is 5.54. The van der Waals surface area contributed by atoms with E-state index in [2.05, 4.69) is 0 Å². The Morgan fingerprint density at radius 3 is 2.00 bits per heavy atom. The van der Waals surface area contributed by atoms with Crippen molar-refractivity contribution in [3.05, 3.63) is 12.0 Å². The van der Waals surface area contributed by atoms with Gasteiger partial charge in [-0.1, -0.05) is 0 Å². The van der Waals surface area contributed by atoms with E-state index in [1.807, 2.05) is 0 Å². The summed E-state index contributed by atoms with van der Waals surface area (Å²) in [6.07, 6.45) is 1.28. The highest BCUT2D eigenvalue weighted by Crippen LogP contribution is 2.25. The fraction of sp³-hybridized carbons (Fsp3) is 0.600. The number of rotatable bonds is 0. The van der Waals surface area contributed by atoms with Crippen LogP contribution in [0.5, 0.6) is 0 Å². The Bertz CT molecular complexity index is 184. The summed E-state index contributed by atoms with van der Waals surface area (Å²) in [7, 11) is 0. The fourth-order valence-corrected chi connectivity index (χ4v) is 0.667. The van der Waals surface area contributed by atoms with E-state index in [9.17, 15) is 0 Å². The Hall–Kier alpha value is -0.780. The molecule has 1 atom stereocenters. The molecule has 0 fully saturated rings. The normalized spacial score (nSPS) is 37.0. The third-order valence-electron chi connectivity index (χ3n) is 1.73. The lowest BCUT2D eigenvalue weighted by Crippen LogP contribution is -2.70. The third-order valence-corrected chi connectivity index (χ3v) is 1.73. The van der Waals surface area contributed by atoms with Gasteiger partial charge in [-0.2, -0.15) is 0 Å². The lowest BCUT2D eigenvalue weighted by molar-refractivity contribution is 0.0188. The molecule has 1 aliphatic heterocycles. The van der Waals surface area contributed by atoms with Crippen LogP contribution >= 0.6 is 0 Å². The summed E-state index contributed by atoms with van der Waals surface area (Å²) in [6.45, 7) is 1.57. The van der Waals surface area contributed by atoms with Gasteiger partial charge in [0.15, 0.2) is 11.4 Å². The molecule has 1 unspecified atom stereocenters. The number of hydrogen-bond acceptors (Lipinski definition) is 5. The van der Waals surface area contributed by atoms with Crippen LogP contribution < -0.4 is 22.9 Å². The smallest absolute Gasteiger partial charge is 0.191 e. The Morgan fingerprint density at radius 1 is 1.40 bits per heavy atom. The van der Waals surface area contributed by atoms with E-state index in [-0.39, 0.29) is 5.70 Å². The predicted octanol–water partition coefficient (Wildman–Crippen LogP) is -1.89. The molecule has 0 saturated carbocycles. The van der Waals surface area contributed by atoms with E-state index in [1.165, 1.54) is 6.26 Å². The molecule has 0 bridgehead atoms. The van der Waals surface area contributed by atoms with Crippen molar-refractivity contribution in [3.8, 4) is 0 Å². The van der Waals surface area contributed by atoms with Crippen molar-refractivity contribution in [1.82, 2.24) is 0 Å². The summed E-state index contributed by atoms with van der Waals surface area (Å²) in [4.78, 5) is 0. The van der Waals surface area contributed by atoms with Gasteiger partial charge in [0.1, 0.15) is 6.26 Å². The van der Waals surface area contributed by atoms with Gasteiger partial charge >= 0.3 is 0 Å². The molecule has 0 saturated heterocycles. The maximum absolute atomic E-state index is 5.54. The number of ether oxygens (including phenoxy) is 1. The summed E-state index contributed by atoms with van der Waals surface area (Å²) >= 11 is 0. The molecule has 0 aromatic carbocycles. The maximum Gasteiger partial charge on any atom is 0.191 e. The summed E-state index contributed by atoms with van der Waals surface area (Å²) in [6, 6.07) is 0. The molecule has 1 aliphatic rings. The molecule has 58 valence electrons. The molecule has 0 amide bonds. The second-order valence-electron chi connectivity index (χ2n) is 2.67. The van der Waals surface area contributed by atoms with Crippen molar-refractivity contribution in [2.24, 2.45) is 22.9 Å². The minimum absolute atomic E-state index is 0.262.